The van der Waals surface area contributed by atoms with E-state index in [1.165, 1.54) is 6.07 Å². The number of likely N-dealkylation sites (tertiary alicyclic amines) is 1. The second kappa shape index (κ2) is 7.92. The van der Waals surface area contributed by atoms with Crippen molar-refractivity contribution in [1.82, 2.24) is 15.2 Å². The fourth-order valence-corrected chi connectivity index (χ4v) is 3.77. The number of halogens is 1. The Morgan fingerprint density at radius 2 is 1.93 bits per heavy atom. The van der Waals surface area contributed by atoms with E-state index in [4.69, 9.17) is 0 Å². The summed E-state index contributed by atoms with van der Waals surface area (Å²) >= 11 is 0. The number of nitrogens with zero attached hydrogens (tertiary/aromatic N) is 1. The highest BCUT2D eigenvalue weighted by Gasteiger charge is 2.20. The summed E-state index contributed by atoms with van der Waals surface area (Å²) in [5.41, 5.74) is 2.61. The van der Waals surface area contributed by atoms with E-state index in [1.807, 2.05) is 36.4 Å². The maximum atomic E-state index is 13.3. The Bertz CT molecular complexity index is 895. The van der Waals surface area contributed by atoms with Crippen molar-refractivity contribution in [3.05, 3.63) is 71.7 Å². The van der Waals surface area contributed by atoms with Gasteiger partial charge in [-0.1, -0.05) is 30.3 Å². The molecule has 5 heteroatoms. The molecule has 0 spiro atoms. The van der Waals surface area contributed by atoms with Gasteiger partial charge in [-0.15, -0.1) is 0 Å². The lowest BCUT2D eigenvalue weighted by atomic mass is 9.96. The average molecular weight is 365 g/mol. The smallest absolute Gasteiger partial charge is 0.267 e. The van der Waals surface area contributed by atoms with Crippen LogP contribution in [-0.2, 0) is 6.54 Å². The molecule has 0 aliphatic carbocycles. The van der Waals surface area contributed by atoms with E-state index in [2.05, 4.69) is 15.2 Å². The zero-order valence-corrected chi connectivity index (χ0v) is 15.2. The van der Waals surface area contributed by atoms with E-state index in [0.717, 1.165) is 48.9 Å². The first-order valence-corrected chi connectivity index (χ1v) is 9.50. The number of amides is 1. The number of piperidine rings is 1. The molecule has 140 valence electrons. The first-order valence-electron chi connectivity index (χ1n) is 9.50. The molecule has 4 rings (SSSR count). The van der Waals surface area contributed by atoms with E-state index in [9.17, 15) is 9.18 Å². The molecule has 1 fully saturated rings. The molecule has 27 heavy (non-hydrogen) atoms. The SMILES string of the molecule is O=C(NCC1CCN(Cc2cccc(F)c2)CC1)c1cc2ccccc2[nH]1. The lowest BCUT2D eigenvalue weighted by Crippen LogP contribution is -2.38. The number of carbonyl (C=O) groups excluding carboxylic acids is 1. The van der Waals surface area contributed by atoms with Crippen LogP contribution in [0.15, 0.2) is 54.6 Å². The third-order valence-corrected chi connectivity index (χ3v) is 5.33. The first kappa shape index (κ1) is 17.7. The maximum absolute atomic E-state index is 13.3. The molecule has 1 saturated heterocycles. The van der Waals surface area contributed by atoms with Crippen molar-refractivity contribution in [1.29, 1.82) is 0 Å². The molecule has 1 amide bonds. The van der Waals surface area contributed by atoms with Gasteiger partial charge in [-0.05, 0) is 61.7 Å². The van der Waals surface area contributed by atoms with E-state index in [-0.39, 0.29) is 11.7 Å². The zero-order chi connectivity index (χ0) is 18.6. The van der Waals surface area contributed by atoms with Gasteiger partial charge in [-0.3, -0.25) is 9.69 Å². The molecule has 1 aromatic heterocycles. The second-order valence-corrected chi connectivity index (χ2v) is 7.33. The van der Waals surface area contributed by atoms with Gasteiger partial charge < -0.3 is 10.3 Å². The number of fused-ring (bicyclic) bond motifs is 1. The molecule has 0 atom stereocenters. The average Bonchev–Trinajstić information content (AvgIpc) is 3.12. The van der Waals surface area contributed by atoms with Crippen LogP contribution < -0.4 is 5.32 Å². The van der Waals surface area contributed by atoms with Gasteiger partial charge in [0.05, 0.1) is 0 Å². The quantitative estimate of drug-likeness (QED) is 0.719. The highest BCUT2D eigenvalue weighted by Crippen LogP contribution is 2.19. The Morgan fingerprint density at radius 1 is 1.11 bits per heavy atom. The van der Waals surface area contributed by atoms with Gasteiger partial charge in [0, 0.05) is 24.0 Å². The van der Waals surface area contributed by atoms with Crippen molar-refractivity contribution in [3.63, 3.8) is 0 Å². The number of para-hydroxylation sites is 1. The first-order chi connectivity index (χ1) is 13.2. The van der Waals surface area contributed by atoms with Crippen LogP contribution in [0.4, 0.5) is 4.39 Å². The van der Waals surface area contributed by atoms with Crippen molar-refractivity contribution in [2.45, 2.75) is 19.4 Å². The lowest BCUT2D eigenvalue weighted by molar-refractivity contribution is 0.0931. The Balaban J connectivity index is 1.25. The van der Waals surface area contributed by atoms with Crippen LogP contribution in [0.2, 0.25) is 0 Å². The number of rotatable bonds is 5. The Labute approximate surface area is 158 Å². The van der Waals surface area contributed by atoms with Gasteiger partial charge in [-0.2, -0.15) is 0 Å². The Kier molecular flexibility index (Phi) is 5.21. The molecule has 4 nitrogen and oxygen atoms in total. The minimum absolute atomic E-state index is 0.0478. The van der Waals surface area contributed by atoms with Gasteiger partial charge in [0.1, 0.15) is 11.5 Å². The van der Waals surface area contributed by atoms with Crippen LogP contribution in [0.25, 0.3) is 10.9 Å². The van der Waals surface area contributed by atoms with Crippen molar-refractivity contribution >= 4 is 16.8 Å². The van der Waals surface area contributed by atoms with Gasteiger partial charge in [-0.25, -0.2) is 4.39 Å². The third-order valence-electron chi connectivity index (χ3n) is 5.33. The van der Waals surface area contributed by atoms with Crippen LogP contribution in [-0.4, -0.2) is 35.4 Å². The molecular weight excluding hydrogens is 341 g/mol. The molecule has 2 heterocycles. The molecule has 1 aliphatic rings. The summed E-state index contributed by atoms with van der Waals surface area (Å²) in [4.78, 5) is 17.9. The number of H-pyrrole nitrogens is 1. The molecule has 2 N–H and O–H groups in total. The van der Waals surface area contributed by atoms with Crippen LogP contribution in [0.1, 0.15) is 28.9 Å². The highest BCUT2D eigenvalue weighted by atomic mass is 19.1. The van der Waals surface area contributed by atoms with Gasteiger partial charge in [0.15, 0.2) is 0 Å². The number of hydrogen-bond acceptors (Lipinski definition) is 2. The monoisotopic (exact) mass is 365 g/mol. The third kappa shape index (κ3) is 4.37. The number of carbonyl (C=O) groups is 1. The molecule has 3 aromatic rings. The highest BCUT2D eigenvalue weighted by molar-refractivity contribution is 5.97. The number of benzene rings is 2. The topological polar surface area (TPSA) is 48.1 Å². The summed E-state index contributed by atoms with van der Waals surface area (Å²) in [5.74, 6) is 0.262. The number of aromatic nitrogens is 1. The molecule has 0 saturated carbocycles. The second-order valence-electron chi connectivity index (χ2n) is 7.33. The van der Waals surface area contributed by atoms with E-state index >= 15 is 0 Å². The Hall–Kier alpha value is -2.66. The minimum Gasteiger partial charge on any atom is -0.351 e. The van der Waals surface area contributed by atoms with Gasteiger partial charge in [0.25, 0.3) is 5.91 Å². The number of aromatic amines is 1. The van der Waals surface area contributed by atoms with Gasteiger partial charge in [0.2, 0.25) is 0 Å². The largest absolute Gasteiger partial charge is 0.351 e. The molecule has 1 aliphatic heterocycles. The van der Waals surface area contributed by atoms with Crippen molar-refractivity contribution in [3.8, 4) is 0 Å². The summed E-state index contributed by atoms with van der Waals surface area (Å²) in [7, 11) is 0. The van der Waals surface area contributed by atoms with Crippen molar-refractivity contribution in [2.24, 2.45) is 5.92 Å². The van der Waals surface area contributed by atoms with Crippen LogP contribution in [0.3, 0.4) is 0 Å². The van der Waals surface area contributed by atoms with Crippen molar-refractivity contribution < 1.29 is 9.18 Å². The molecule has 0 bridgehead atoms. The molecule has 2 aromatic carbocycles. The summed E-state index contributed by atoms with van der Waals surface area (Å²) in [5, 5.41) is 4.11. The minimum atomic E-state index is -0.179. The van der Waals surface area contributed by atoms with E-state index in [1.54, 1.807) is 12.1 Å². The fourth-order valence-electron chi connectivity index (χ4n) is 3.77. The predicted molar refractivity (Wildman–Crippen MR) is 105 cm³/mol. The normalized spacial score (nSPS) is 15.9. The van der Waals surface area contributed by atoms with E-state index in [0.29, 0.717) is 18.2 Å². The summed E-state index contributed by atoms with van der Waals surface area (Å²) in [6, 6.07) is 16.6. The van der Waals surface area contributed by atoms with Crippen LogP contribution >= 0.6 is 0 Å². The molecule has 0 radical (unpaired) electrons. The standard InChI is InChI=1S/C22H24FN3O/c23-19-6-3-4-17(12-19)15-26-10-8-16(9-11-26)14-24-22(27)21-13-18-5-1-2-7-20(18)25-21/h1-7,12-13,16,25H,8-11,14-15H2,(H,24,27). The van der Waals surface area contributed by atoms with Crippen LogP contribution in [0, 0.1) is 11.7 Å². The molecule has 0 unspecified atom stereocenters. The predicted octanol–water partition coefficient (Wildman–Crippen LogP) is 3.95. The fraction of sp³-hybridized carbons (Fsp3) is 0.318. The lowest BCUT2D eigenvalue weighted by Gasteiger charge is -2.32. The van der Waals surface area contributed by atoms with Crippen molar-refractivity contribution in [2.75, 3.05) is 19.6 Å². The van der Waals surface area contributed by atoms with E-state index < -0.39 is 0 Å². The van der Waals surface area contributed by atoms with Gasteiger partial charge >= 0.3 is 0 Å². The van der Waals surface area contributed by atoms with Crippen LogP contribution in [0.5, 0.6) is 0 Å². The zero-order valence-electron chi connectivity index (χ0n) is 15.2. The number of nitrogens with one attached hydrogen (secondary N) is 2. The molecular formula is C22H24FN3O. The summed E-state index contributed by atoms with van der Waals surface area (Å²) in [6.07, 6.45) is 2.09. The maximum Gasteiger partial charge on any atom is 0.267 e. The summed E-state index contributed by atoms with van der Waals surface area (Å²) < 4.78 is 13.3. The summed E-state index contributed by atoms with van der Waals surface area (Å²) in [6.45, 7) is 3.43. The number of hydrogen-bond donors (Lipinski definition) is 2. The Morgan fingerprint density at radius 3 is 2.70 bits per heavy atom.